The molecular formula is C62H66BN3. The number of benzene rings is 7. The van der Waals surface area contributed by atoms with E-state index in [0.29, 0.717) is 0 Å². The fourth-order valence-electron chi connectivity index (χ4n) is 13.0. The van der Waals surface area contributed by atoms with E-state index >= 15 is 0 Å². The van der Waals surface area contributed by atoms with Crippen LogP contribution in [0.3, 0.4) is 0 Å². The van der Waals surface area contributed by atoms with Crippen molar-refractivity contribution >= 4 is 68.6 Å². The van der Waals surface area contributed by atoms with Crippen molar-refractivity contribution in [2.45, 2.75) is 118 Å². The van der Waals surface area contributed by atoms with Gasteiger partial charge in [-0.15, -0.1) is 0 Å². The van der Waals surface area contributed by atoms with E-state index in [-0.39, 0.29) is 39.3 Å². The standard InChI is InChI=1S/C62H66BN3/c1-57(2,3)42-31-33-50(46(37-42)41-23-15-13-16-24-41)65-53-30-22-20-28-49(53)63-48-27-19-21-29-52(48)64(44-25-17-14-18-26-44)54-39-45(40-55(65)56(54)63)66-51-34-32-43(58(4,5)6)38-47(51)61(11)59(7,8)35-36-60(9,10)62(61,66)12/h13-34,37-40H,35-36H2,1-12H3. The molecule has 4 heteroatoms. The van der Waals surface area contributed by atoms with E-state index < -0.39 is 0 Å². The molecule has 1 fully saturated rings. The predicted octanol–water partition coefficient (Wildman–Crippen LogP) is 15.0. The SMILES string of the molecule is CC(C)(C)c1ccc(N2c3ccccc3B3c4ccccc4N(c4ccccc4)c4cc(N5c6ccc(C(C)(C)C)cc6C6(C)C(C)(C)CCC(C)(C)C56C)cc2c43)c(-c2ccccc2)c1. The lowest BCUT2D eigenvalue weighted by molar-refractivity contribution is -0.0415. The fourth-order valence-corrected chi connectivity index (χ4v) is 13.0. The van der Waals surface area contributed by atoms with Crippen LogP contribution < -0.4 is 31.1 Å². The maximum Gasteiger partial charge on any atom is 0.252 e. The van der Waals surface area contributed by atoms with Crippen LogP contribution in [-0.2, 0) is 16.2 Å². The monoisotopic (exact) mass is 864 g/mol. The molecule has 0 spiro atoms. The molecule has 11 rings (SSSR count). The molecule has 0 bridgehead atoms. The molecule has 66 heavy (non-hydrogen) atoms. The molecule has 2 atom stereocenters. The molecule has 3 heterocycles. The number of rotatable bonds is 4. The summed E-state index contributed by atoms with van der Waals surface area (Å²) in [5.74, 6) is 0. The van der Waals surface area contributed by atoms with Crippen molar-refractivity contribution in [3.8, 4) is 11.1 Å². The smallest absolute Gasteiger partial charge is 0.252 e. The second-order valence-corrected chi connectivity index (χ2v) is 23.6. The van der Waals surface area contributed by atoms with Gasteiger partial charge in [-0.2, -0.15) is 0 Å². The van der Waals surface area contributed by atoms with E-state index in [1.165, 1.54) is 96.1 Å². The van der Waals surface area contributed by atoms with Crippen LogP contribution in [0, 0.1) is 10.8 Å². The maximum atomic E-state index is 2.84. The summed E-state index contributed by atoms with van der Waals surface area (Å²) in [6, 6.07) is 60.5. The largest absolute Gasteiger partial charge is 0.334 e. The normalized spacial score (nSPS) is 21.2. The summed E-state index contributed by atoms with van der Waals surface area (Å²) >= 11 is 0. The minimum Gasteiger partial charge on any atom is -0.334 e. The maximum absolute atomic E-state index is 2.84. The van der Waals surface area contributed by atoms with Gasteiger partial charge in [0.15, 0.2) is 0 Å². The molecule has 0 amide bonds. The minimum atomic E-state index is -0.286. The minimum absolute atomic E-state index is 0.0189. The Balaban J connectivity index is 1.29. The topological polar surface area (TPSA) is 9.72 Å². The van der Waals surface area contributed by atoms with Gasteiger partial charge in [0, 0.05) is 50.8 Å². The lowest BCUT2D eigenvalue weighted by Gasteiger charge is -2.65. The summed E-state index contributed by atoms with van der Waals surface area (Å²) in [7, 11) is 0. The van der Waals surface area contributed by atoms with Crippen LogP contribution in [-0.4, -0.2) is 12.3 Å². The van der Waals surface area contributed by atoms with Crippen LogP contribution in [0.1, 0.15) is 113 Å². The Bertz CT molecular complexity index is 3060. The fraction of sp³-hybridized carbons (Fsp3) is 0.323. The molecule has 7 aromatic rings. The van der Waals surface area contributed by atoms with Crippen molar-refractivity contribution < 1.29 is 0 Å². The zero-order valence-corrected chi connectivity index (χ0v) is 41.3. The Morgan fingerprint density at radius 3 is 1.55 bits per heavy atom. The van der Waals surface area contributed by atoms with Gasteiger partial charge in [-0.1, -0.05) is 179 Å². The molecular weight excluding hydrogens is 798 g/mol. The molecule has 3 aliphatic heterocycles. The van der Waals surface area contributed by atoms with Crippen LogP contribution >= 0.6 is 0 Å². The van der Waals surface area contributed by atoms with E-state index in [9.17, 15) is 0 Å². The molecule has 1 saturated carbocycles. The Kier molecular flexibility index (Phi) is 9.21. The van der Waals surface area contributed by atoms with E-state index in [4.69, 9.17) is 0 Å². The van der Waals surface area contributed by atoms with Crippen LogP contribution in [0.25, 0.3) is 11.1 Å². The van der Waals surface area contributed by atoms with Crippen LogP contribution in [0.15, 0.2) is 158 Å². The van der Waals surface area contributed by atoms with E-state index in [0.717, 1.165) is 6.42 Å². The quantitative estimate of drug-likeness (QED) is 0.163. The molecule has 3 nitrogen and oxygen atoms in total. The van der Waals surface area contributed by atoms with E-state index in [2.05, 4.69) is 256 Å². The van der Waals surface area contributed by atoms with Crippen LogP contribution in [0.4, 0.5) is 45.5 Å². The number of para-hydroxylation sites is 3. The first-order valence-corrected chi connectivity index (χ1v) is 24.4. The van der Waals surface area contributed by atoms with Crippen molar-refractivity contribution in [1.29, 1.82) is 0 Å². The molecule has 0 aromatic heterocycles. The van der Waals surface area contributed by atoms with Gasteiger partial charge in [0.1, 0.15) is 0 Å². The van der Waals surface area contributed by atoms with Gasteiger partial charge in [-0.25, -0.2) is 0 Å². The summed E-state index contributed by atoms with van der Waals surface area (Å²) < 4.78 is 0. The van der Waals surface area contributed by atoms with Crippen molar-refractivity contribution in [3.63, 3.8) is 0 Å². The lowest BCUT2D eigenvalue weighted by atomic mass is 9.33. The number of nitrogens with zero attached hydrogens (tertiary/aromatic N) is 3. The van der Waals surface area contributed by atoms with E-state index in [1.807, 2.05) is 0 Å². The summed E-state index contributed by atoms with van der Waals surface area (Å²) in [5, 5.41) is 0. The van der Waals surface area contributed by atoms with Gasteiger partial charge in [-0.05, 0) is 135 Å². The zero-order chi connectivity index (χ0) is 46.3. The van der Waals surface area contributed by atoms with E-state index in [1.54, 1.807) is 0 Å². The highest BCUT2D eigenvalue weighted by molar-refractivity contribution is 7.00. The van der Waals surface area contributed by atoms with Crippen LogP contribution in [0.2, 0.25) is 0 Å². The van der Waals surface area contributed by atoms with Crippen LogP contribution in [0.5, 0.6) is 0 Å². The van der Waals surface area contributed by atoms with Crippen molar-refractivity contribution in [1.82, 2.24) is 0 Å². The molecule has 4 aliphatic rings. The third kappa shape index (κ3) is 5.82. The Morgan fingerprint density at radius 2 is 0.939 bits per heavy atom. The molecule has 7 aromatic carbocycles. The molecule has 0 saturated heterocycles. The lowest BCUT2D eigenvalue weighted by Crippen LogP contribution is -2.69. The second kappa shape index (κ2) is 14.3. The number of hydrogen-bond acceptors (Lipinski definition) is 3. The Hall–Kier alpha value is -6.00. The molecule has 0 N–H and O–H groups in total. The number of fused-ring (bicyclic) bond motifs is 7. The highest BCUT2D eigenvalue weighted by atomic mass is 15.3. The molecule has 0 radical (unpaired) electrons. The van der Waals surface area contributed by atoms with Crippen molar-refractivity contribution in [2.24, 2.45) is 10.8 Å². The Labute approximate surface area is 395 Å². The third-order valence-electron chi connectivity index (χ3n) is 17.4. The average Bonchev–Trinajstić information content (AvgIpc) is 3.52. The van der Waals surface area contributed by atoms with Gasteiger partial charge in [-0.3, -0.25) is 0 Å². The van der Waals surface area contributed by atoms with Gasteiger partial charge < -0.3 is 14.7 Å². The highest BCUT2D eigenvalue weighted by Crippen LogP contribution is 2.72. The first kappa shape index (κ1) is 42.6. The zero-order valence-electron chi connectivity index (χ0n) is 41.3. The average molecular weight is 864 g/mol. The molecule has 2 unspecified atom stereocenters. The van der Waals surface area contributed by atoms with Gasteiger partial charge in [0.2, 0.25) is 0 Å². The first-order chi connectivity index (χ1) is 31.3. The third-order valence-corrected chi connectivity index (χ3v) is 17.4. The predicted molar refractivity (Wildman–Crippen MR) is 284 cm³/mol. The number of anilines is 8. The number of hydrogen-bond donors (Lipinski definition) is 0. The first-order valence-electron chi connectivity index (χ1n) is 24.4. The van der Waals surface area contributed by atoms with Gasteiger partial charge in [0.25, 0.3) is 6.71 Å². The van der Waals surface area contributed by atoms with Crippen molar-refractivity contribution in [3.05, 3.63) is 174 Å². The second-order valence-electron chi connectivity index (χ2n) is 23.6. The Morgan fingerprint density at radius 1 is 0.439 bits per heavy atom. The summed E-state index contributed by atoms with van der Waals surface area (Å²) in [6.45, 7) is 29.6. The summed E-state index contributed by atoms with van der Waals surface area (Å²) in [4.78, 5) is 8.04. The summed E-state index contributed by atoms with van der Waals surface area (Å²) in [5.41, 5.74) is 20.1. The molecule has 1 aliphatic carbocycles. The van der Waals surface area contributed by atoms with Gasteiger partial charge >= 0.3 is 0 Å². The van der Waals surface area contributed by atoms with Crippen molar-refractivity contribution in [2.75, 3.05) is 14.7 Å². The highest BCUT2D eigenvalue weighted by Gasteiger charge is 2.70. The molecule has 332 valence electrons. The van der Waals surface area contributed by atoms with Gasteiger partial charge in [0.05, 0.1) is 11.2 Å². The summed E-state index contributed by atoms with van der Waals surface area (Å²) in [6.07, 6.45) is 2.32.